The molecule has 5 heteroatoms. The lowest BCUT2D eigenvalue weighted by Crippen LogP contribution is -2.15. The Kier molecular flexibility index (Phi) is 4.41. The molecule has 19 heavy (non-hydrogen) atoms. The topological polar surface area (TPSA) is 63.4 Å². The fourth-order valence-electron chi connectivity index (χ4n) is 1.79. The van der Waals surface area contributed by atoms with Gasteiger partial charge in [-0.1, -0.05) is 0 Å². The van der Waals surface area contributed by atoms with Gasteiger partial charge in [-0.15, -0.1) is 0 Å². The van der Waals surface area contributed by atoms with E-state index in [1.54, 1.807) is 13.0 Å². The van der Waals surface area contributed by atoms with E-state index in [0.717, 1.165) is 23.2 Å². The van der Waals surface area contributed by atoms with Gasteiger partial charge in [-0.3, -0.25) is 0 Å². The molecule has 5 nitrogen and oxygen atoms in total. The van der Waals surface area contributed by atoms with E-state index in [1.165, 1.54) is 0 Å². The normalized spacial score (nSPS) is 10.6. The molecule has 1 aromatic carbocycles. The van der Waals surface area contributed by atoms with E-state index in [-0.39, 0.29) is 5.97 Å². The Hall–Kier alpha value is -2.01. The smallest absolute Gasteiger partial charge is 0.354 e. The first-order chi connectivity index (χ1) is 9.24. The molecule has 0 saturated heterocycles. The first-order valence-corrected chi connectivity index (χ1v) is 6.32. The minimum atomic E-state index is -0.337. The van der Waals surface area contributed by atoms with Crippen molar-refractivity contribution < 1.29 is 14.3 Å². The third kappa shape index (κ3) is 3.26. The molecule has 0 aliphatic heterocycles. The lowest BCUT2D eigenvalue weighted by molar-refractivity contribution is 0.0520. The van der Waals surface area contributed by atoms with Gasteiger partial charge in [0.05, 0.1) is 6.61 Å². The molecule has 2 aromatic rings. The van der Waals surface area contributed by atoms with Crippen LogP contribution in [0.3, 0.4) is 0 Å². The highest BCUT2D eigenvalue weighted by Gasteiger charge is 2.10. The second kappa shape index (κ2) is 6.24. The summed E-state index contributed by atoms with van der Waals surface area (Å²) in [4.78, 5) is 14.6. The van der Waals surface area contributed by atoms with E-state index >= 15 is 0 Å². The number of hydrogen-bond acceptors (Lipinski definition) is 4. The van der Waals surface area contributed by atoms with Crippen LogP contribution in [0, 0.1) is 0 Å². The second-order valence-corrected chi connectivity index (χ2v) is 4.10. The van der Waals surface area contributed by atoms with E-state index in [2.05, 4.69) is 10.3 Å². The maximum atomic E-state index is 11.6. The Morgan fingerprint density at radius 1 is 1.37 bits per heavy atom. The molecule has 0 amide bonds. The first-order valence-electron chi connectivity index (χ1n) is 6.32. The molecule has 0 aliphatic carbocycles. The molecular formula is C14H18N2O3. The summed E-state index contributed by atoms with van der Waals surface area (Å²) < 4.78 is 10.5. The molecule has 2 rings (SSSR count). The van der Waals surface area contributed by atoms with Crippen molar-refractivity contribution in [3.05, 3.63) is 30.0 Å². The van der Waals surface area contributed by atoms with Gasteiger partial charge in [-0.25, -0.2) is 4.79 Å². The van der Waals surface area contributed by atoms with Gasteiger partial charge in [0.15, 0.2) is 0 Å². The molecule has 1 aromatic heterocycles. The number of carbonyl (C=O) groups excluding carboxylic acids is 1. The third-order valence-corrected chi connectivity index (χ3v) is 2.71. The van der Waals surface area contributed by atoms with Gasteiger partial charge in [-0.2, -0.15) is 0 Å². The number of aromatic amines is 1. The van der Waals surface area contributed by atoms with Crippen LogP contribution in [0.5, 0.6) is 5.75 Å². The van der Waals surface area contributed by atoms with Gasteiger partial charge < -0.3 is 19.8 Å². The van der Waals surface area contributed by atoms with Gasteiger partial charge in [0.1, 0.15) is 18.1 Å². The zero-order valence-corrected chi connectivity index (χ0v) is 11.2. The molecule has 0 bridgehead atoms. The molecule has 1 heterocycles. The number of carbonyl (C=O) groups is 1. The molecule has 0 radical (unpaired) electrons. The number of ether oxygens (including phenoxy) is 2. The quantitative estimate of drug-likeness (QED) is 0.617. The van der Waals surface area contributed by atoms with Crippen LogP contribution in [-0.4, -0.2) is 37.8 Å². The molecule has 0 fully saturated rings. The van der Waals surface area contributed by atoms with Crippen molar-refractivity contribution >= 4 is 16.9 Å². The Morgan fingerprint density at radius 3 is 2.95 bits per heavy atom. The van der Waals surface area contributed by atoms with Crippen molar-refractivity contribution in [2.45, 2.75) is 6.92 Å². The lowest BCUT2D eigenvalue weighted by Gasteiger charge is -2.05. The van der Waals surface area contributed by atoms with Gasteiger partial charge in [0.25, 0.3) is 0 Å². The second-order valence-electron chi connectivity index (χ2n) is 4.10. The number of benzene rings is 1. The van der Waals surface area contributed by atoms with Gasteiger partial charge in [0.2, 0.25) is 0 Å². The van der Waals surface area contributed by atoms with E-state index in [9.17, 15) is 4.79 Å². The number of nitrogens with one attached hydrogen (secondary N) is 2. The summed E-state index contributed by atoms with van der Waals surface area (Å²) >= 11 is 0. The number of fused-ring (bicyclic) bond motifs is 1. The molecule has 0 atom stereocenters. The number of esters is 1. The lowest BCUT2D eigenvalue weighted by atomic mass is 10.2. The summed E-state index contributed by atoms with van der Waals surface area (Å²) in [6, 6.07) is 7.46. The molecule has 2 N–H and O–H groups in total. The minimum Gasteiger partial charge on any atom is -0.492 e. The van der Waals surface area contributed by atoms with E-state index < -0.39 is 0 Å². The average Bonchev–Trinajstić information content (AvgIpc) is 2.82. The third-order valence-electron chi connectivity index (χ3n) is 2.71. The fraction of sp³-hybridized carbons (Fsp3) is 0.357. The zero-order chi connectivity index (χ0) is 13.7. The largest absolute Gasteiger partial charge is 0.492 e. The van der Waals surface area contributed by atoms with Crippen molar-refractivity contribution in [3.8, 4) is 5.75 Å². The molecule has 0 aliphatic rings. The van der Waals surface area contributed by atoms with Crippen molar-refractivity contribution in [2.75, 3.05) is 26.8 Å². The number of aromatic nitrogens is 1. The first kappa shape index (κ1) is 13.4. The fourth-order valence-corrected chi connectivity index (χ4v) is 1.79. The van der Waals surface area contributed by atoms with E-state index in [0.29, 0.717) is 18.9 Å². The van der Waals surface area contributed by atoms with Crippen molar-refractivity contribution in [3.63, 3.8) is 0 Å². The Balaban J connectivity index is 2.16. The minimum absolute atomic E-state index is 0.337. The Bertz CT molecular complexity index is 563. The molecule has 102 valence electrons. The van der Waals surface area contributed by atoms with Crippen LogP contribution in [0.15, 0.2) is 24.3 Å². The van der Waals surface area contributed by atoms with Crippen LogP contribution < -0.4 is 10.1 Å². The predicted octanol–water partition coefficient (Wildman–Crippen LogP) is 1.94. The standard InChI is InChI=1S/C14H18N2O3/c1-3-18-14(17)13-9-10-8-11(19-7-6-15-2)4-5-12(10)16-13/h4-5,8-9,15-16H,3,6-7H2,1-2H3. The Labute approximate surface area is 111 Å². The highest BCUT2D eigenvalue weighted by molar-refractivity contribution is 5.95. The van der Waals surface area contributed by atoms with Gasteiger partial charge in [-0.05, 0) is 38.2 Å². The summed E-state index contributed by atoms with van der Waals surface area (Å²) in [5.41, 5.74) is 1.35. The summed E-state index contributed by atoms with van der Waals surface area (Å²) in [6.45, 7) is 3.55. The Morgan fingerprint density at radius 2 is 2.21 bits per heavy atom. The number of H-pyrrole nitrogens is 1. The molecular weight excluding hydrogens is 244 g/mol. The number of hydrogen-bond donors (Lipinski definition) is 2. The van der Waals surface area contributed by atoms with Crippen LogP contribution in [-0.2, 0) is 4.74 Å². The van der Waals surface area contributed by atoms with Crippen LogP contribution in [0.4, 0.5) is 0 Å². The predicted molar refractivity (Wildman–Crippen MR) is 73.7 cm³/mol. The van der Waals surface area contributed by atoms with Crippen LogP contribution >= 0.6 is 0 Å². The van der Waals surface area contributed by atoms with Crippen LogP contribution in [0.1, 0.15) is 17.4 Å². The van der Waals surface area contributed by atoms with Gasteiger partial charge >= 0.3 is 5.97 Å². The summed E-state index contributed by atoms with van der Waals surface area (Å²) in [5.74, 6) is 0.452. The van der Waals surface area contributed by atoms with Crippen LogP contribution in [0.2, 0.25) is 0 Å². The number of rotatable bonds is 6. The molecule has 0 unspecified atom stereocenters. The van der Waals surface area contributed by atoms with Crippen molar-refractivity contribution in [2.24, 2.45) is 0 Å². The highest BCUT2D eigenvalue weighted by Crippen LogP contribution is 2.22. The number of likely N-dealkylation sites (N-methyl/N-ethyl adjacent to an activating group) is 1. The molecule has 0 saturated carbocycles. The monoisotopic (exact) mass is 262 g/mol. The summed E-state index contributed by atoms with van der Waals surface area (Å²) in [5, 5.41) is 3.95. The average molecular weight is 262 g/mol. The maximum absolute atomic E-state index is 11.6. The van der Waals surface area contributed by atoms with E-state index in [1.807, 2.05) is 25.2 Å². The van der Waals surface area contributed by atoms with Crippen LogP contribution in [0.25, 0.3) is 10.9 Å². The maximum Gasteiger partial charge on any atom is 0.354 e. The zero-order valence-electron chi connectivity index (χ0n) is 11.2. The highest BCUT2D eigenvalue weighted by atomic mass is 16.5. The van der Waals surface area contributed by atoms with Gasteiger partial charge in [0, 0.05) is 17.4 Å². The summed E-state index contributed by atoms with van der Waals surface area (Å²) in [6.07, 6.45) is 0. The van der Waals surface area contributed by atoms with Crippen molar-refractivity contribution in [1.29, 1.82) is 0 Å². The molecule has 0 spiro atoms. The van der Waals surface area contributed by atoms with E-state index in [4.69, 9.17) is 9.47 Å². The van der Waals surface area contributed by atoms with Crippen molar-refractivity contribution in [1.82, 2.24) is 10.3 Å². The SMILES string of the molecule is CCOC(=O)c1cc2cc(OCCNC)ccc2[nH]1. The summed E-state index contributed by atoms with van der Waals surface area (Å²) in [7, 11) is 1.88.